The third kappa shape index (κ3) is 4.87. The Kier molecular flexibility index (Phi) is 6.65. The van der Waals surface area contributed by atoms with Gasteiger partial charge < -0.3 is 20.9 Å². The molecule has 1 aliphatic carbocycles. The Morgan fingerprint density at radius 3 is 2.46 bits per heavy atom. The minimum absolute atomic E-state index is 0.198. The predicted octanol–water partition coefficient (Wildman–Crippen LogP) is 3.26. The Bertz CT molecular complexity index is 774. The van der Waals surface area contributed by atoms with Crippen molar-refractivity contribution in [2.75, 3.05) is 13.7 Å². The Hall–Kier alpha value is -2.02. The van der Waals surface area contributed by atoms with E-state index in [1.165, 1.54) is 12.1 Å². The average Bonchev–Trinajstić information content (AvgIpc) is 3.15. The number of aliphatic hydroxyl groups excluding tert-OH is 1. The second-order valence-electron chi connectivity index (χ2n) is 7.62. The highest BCUT2D eigenvalue weighted by molar-refractivity contribution is 5.34. The number of rotatable bonds is 8. The van der Waals surface area contributed by atoms with Gasteiger partial charge >= 0.3 is 0 Å². The van der Waals surface area contributed by atoms with Gasteiger partial charge in [-0.05, 0) is 54.7 Å². The minimum atomic E-state index is -0.839. The zero-order chi connectivity index (χ0) is 20.1. The van der Waals surface area contributed by atoms with Gasteiger partial charge in [-0.1, -0.05) is 25.0 Å². The van der Waals surface area contributed by atoms with Crippen LogP contribution in [0.5, 0.6) is 5.75 Å². The molecule has 2 aromatic carbocycles. The molecule has 0 amide bonds. The number of hydrogen-bond donors (Lipinski definition) is 3. The summed E-state index contributed by atoms with van der Waals surface area (Å²) in [7, 11) is 1.64. The van der Waals surface area contributed by atoms with Crippen molar-refractivity contribution in [2.45, 2.75) is 49.8 Å². The summed E-state index contributed by atoms with van der Waals surface area (Å²) in [6.45, 7) is 0.302. The van der Waals surface area contributed by atoms with Crippen LogP contribution in [0.25, 0.3) is 0 Å². The molecule has 2 atom stereocenters. The van der Waals surface area contributed by atoms with E-state index >= 15 is 0 Å². The summed E-state index contributed by atoms with van der Waals surface area (Å²) in [5, 5.41) is 14.1. The van der Waals surface area contributed by atoms with Gasteiger partial charge in [0.1, 0.15) is 17.4 Å². The molecule has 1 aliphatic rings. The number of ether oxygens (including phenoxy) is 1. The van der Waals surface area contributed by atoms with Crippen molar-refractivity contribution in [1.82, 2.24) is 5.32 Å². The van der Waals surface area contributed by atoms with Crippen LogP contribution < -0.4 is 15.8 Å². The highest BCUT2D eigenvalue weighted by Gasteiger charge is 2.36. The van der Waals surface area contributed by atoms with Crippen LogP contribution in [0.4, 0.5) is 8.78 Å². The molecule has 0 saturated heterocycles. The molecular weight excluding hydrogens is 362 g/mol. The monoisotopic (exact) mass is 390 g/mol. The summed E-state index contributed by atoms with van der Waals surface area (Å²) in [6.07, 6.45) is 3.51. The molecule has 2 aromatic rings. The van der Waals surface area contributed by atoms with Crippen LogP contribution in [0.3, 0.4) is 0 Å². The van der Waals surface area contributed by atoms with Crippen molar-refractivity contribution in [3.8, 4) is 5.75 Å². The molecule has 3 rings (SSSR count). The maximum Gasteiger partial charge on any atom is 0.126 e. The van der Waals surface area contributed by atoms with Crippen molar-refractivity contribution in [3.05, 3.63) is 65.2 Å². The Labute approximate surface area is 164 Å². The molecule has 152 valence electrons. The van der Waals surface area contributed by atoms with Gasteiger partial charge in [-0.3, -0.25) is 0 Å². The molecule has 0 spiro atoms. The average molecular weight is 390 g/mol. The highest BCUT2D eigenvalue weighted by atomic mass is 19.1. The van der Waals surface area contributed by atoms with E-state index < -0.39 is 23.8 Å². The molecule has 1 saturated carbocycles. The van der Waals surface area contributed by atoms with Gasteiger partial charge in [-0.15, -0.1) is 0 Å². The predicted molar refractivity (Wildman–Crippen MR) is 105 cm³/mol. The minimum Gasteiger partial charge on any atom is -0.497 e. The van der Waals surface area contributed by atoms with E-state index in [0.717, 1.165) is 43.1 Å². The van der Waals surface area contributed by atoms with Crippen LogP contribution in [-0.2, 0) is 12.0 Å². The van der Waals surface area contributed by atoms with Crippen LogP contribution in [0.2, 0.25) is 0 Å². The first-order valence-electron chi connectivity index (χ1n) is 9.70. The molecule has 0 radical (unpaired) electrons. The lowest BCUT2D eigenvalue weighted by Gasteiger charge is -2.33. The van der Waals surface area contributed by atoms with Crippen molar-refractivity contribution < 1.29 is 18.6 Å². The fourth-order valence-corrected chi connectivity index (χ4v) is 4.06. The van der Waals surface area contributed by atoms with Gasteiger partial charge in [0, 0.05) is 24.2 Å². The number of hydrogen-bond acceptors (Lipinski definition) is 4. The van der Waals surface area contributed by atoms with Crippen molar-refractivity contribution in [2.24, 2.45) is 5.73 Å². The summed E-state index contributed by atoms with van der Waals surface area (Å²) in [4.78, 5) is 0. The van der Waals surface area contributed by atoms with Gasteiger partial charge in [-0.2, -0.15) is 0 Å². The van der Waals surface area contributed by atoms with E-state index in [2.05, 4.69) is 11.4 Å². The van der Waals surface area contributed by atoms with Crippen LogP contribution in [0, 0.1) is 11.6 Å². The van der Waals surface area contributed by atoms with Gasteiger partial charge in [-0.25, -0.2) is 8.78 Å². The van der Waals surface area contributed by atoms with E-state index in [1.54, 1.807) is 7.11 Å². The fraction of sp³-hybridized carbons (Fsp3) is 0.455. The number of halogens is 2. The van der Waals surface area contributed by atoms with Crippen LogP contribution in [0.1, 0.15) is 36.8 Å². The summed E-state index contributed by atoms with van der Waals surface area (Å²) < 4.78 is 32.1. The summed E-state index contributed by atoms with van der Waals surface area (Å²) >= 11 is 0. The second kappa shape index (κ2) is 8.99. The molecule has 4 N–H and O–H groups in total. The number of aliphatic hydroxyl groups is 1. The lowest BCUT2D eigenvalue weighted by Crippen LogP contribution is -2.49. The third-order valence-electron chi connectivity index (χ3n) is 5.62. The van der Waals surface area contributed by atoms with E-state index in [0.29, 0.717) is 12.1 Å². The van der Waals surface area contributed by atoms with Crippen LogP contribution in [0.15, 0.2) is 42.5 Å². The van der Waals surface area contributed by atoms with Gasteiger partial charge in [0.15, 0.2) is 0 Å². The first-order chi connectivity index (χ1) is 13.4. The normalized spacial score (nSPS) is 18.0. The van der Waals surface area contributed by atoms with Crippen molar-refractivity contribution in [3.63, 3.8) is 0 Å². The molecule has 0 unspecified atom stereocenters. The molecule has 0 bridgehead atoms. The van der Waals surface area contributed by atoms with Gasteiger partial charge in [0.05, 0.1) is 13.2 Å². The maximum atomic E-state index is 13.4. The first-order valence-corrected chi connectivity index (χ1v) is 9.70. The Morgan fingerprint density at radius 1 is 1.14 bits per heavy atom. The molecule has 1 fully saturated rings. The number of benzene rings is 2. The Balaban J connectivity index is 1.66. The lowest BCUT2D eigenvalue weighted by molar-refractivity contribution is 0.127. The van der Waals surface area contributed by atoms with E-state index in [1.807, 2.05) is 18.2 Å². The van der Waals surface area contributed by atoms with Gasteiger partial charge in [0.25, 0.3) is 0 Å². The van der Waals surface area contributed by atoms with E-state index in [9.17, 15) is 13.9 Å². The first kappa shape index (κ1) is 20.7. The molecule has 28 heavy (non-hydrogen) atoms. The zero-order valence-electron chi connectivity index (χ0n) is 16.1. The standard InChI is InChI=1S/C22H28F2N2O2/c1-28-19-6-4-5-16(12-19)22(7-2-3-8-22)26-14-21(27)20(25)11-15-9-17(23)13-18(24)10-15/h4-6,9-10,12-13,20-21,26-27H,2-3,7-8,11,14,25H2,1H3/t20-,21+/m0/s1. The van der Waals surface area contributed by atoms with Crippen LogP contribution >= 0.6 is 0 Å². The quantitative estimate of drug-likeness (QED) is 0.647. The van der Waals surface area contributed by atoms with E-state index in [4.69, 9.17) is 10.5 Å². The number of nitrogens with two attached hydrogens (primary N) is 1. The maximum absolute atomic E-state index is 13.4. The van der Waals surface area contributed by atoms with Crippen LogP contribution in [-0.4, -0.2) is 30.9 Å². The van der Waals surface area contributed by atoms with Crippen molar-refractivity contribution >= 4 is 0 Å². The molecule has 0 aromatic heterocycles. The fourth-order valence-electron chi connectivity index (χ4n) is 4.06. The largest absolute Gasteiger partial charge is 0.497 e. The highest BCUT2D eigenvalue weighted by Crippen LogP contribution is 2.39. The number of methoxy groups -OCH3 is 1. The molecule has 6 heteroatoms. The molecular formula is C22H28F2N2O2. The zero-order valence-corrected chi connectivity index (χ0v) is 16.1. The lowest BCUT2D eigenvalue weighted by atomic mass is 9.87. The summed E-state index contributed by atoms with van der Waals surface area (Å²) in [5.74, 6) is -0.480. The summed E-state index contributed by atoms with van der Waals surface area (Å²) in [5.41, 5.74) is 7.46. The Morgan fingerprint density at radius 2 is 1.82 bits per heavy atom. The SMILES string of the molecule is COc1cccc(C2(NC[C@@H](O)[C@@H](N)Cc3cc(F)cc(F)c3)CCCC2)c1. The number of nitrogens with one attached hydrogen (secondary N) is 1. The molecule has 4 nitrogen and oxygen atoms in total. The molecule has 0 heterocycles. The second-order valence-corrected chi connectivity index (χ2v) is 7.62. The molecule has 0 aliphatic heterocycles. The summed E-state index contributed by atoms with van der Waals surface area (Å²) in [6, 6.07) is 10.7. The van der Waals surface area contributed by atoms with E-state index in [-0.39, 0.29) is 12.0 Å². The van der Waals surface area contributed by atoms with Gasteiger partial charge in [0.2, 0.25) is 0 Å². The third-order valence-corrected chi connectivity index (χ3v) is 5.62. The van der Waals surface area contributed by atoms with Crippen molar-refractivity contribution in [1.29, 1.82) is 0 Å². The smallest absolute Gasteiger partial charge is 0.126 e. The topological polar surface area (TPSA) is 67.5 Å².